The summed E-state index contributed by atoms with van der Waals surface area (Å²) < 4.78 is 20.7. The molecule has 4 aromatic rings. The highest BCUT2D eigenvalue weighted by Gasteiger charge is 2.15. The van der Waals surface area contributed by atoms with Crippen LogP contribution in [0.4, 0.5) is 4.39 Å². The molecule has 0 N–H and O–H groups in total. The van der Waals surface area contributed by atoms with Crippen molar-refractivity contribution < 1.29 is 13.9 Å². The third-order valence-corrected chi connectivity index (χ3v) is 6.00. The number of imidazole rings is 1. The minimum absolute atomic E-state index is 0.162. The third-order valence-electron chi connectivity index (χ3n) is 4.81. The molecule has 0 radical (unpaired) electrons. The number of thiazole rings is 1. The van der Waals surface area contributed by atoms with Gasteiger partial charge in [0.25, 0.3) is 0 Å². The summed E-state index contributed by atoms with van der Waals surface area (Å²) in [6.45, 7) is 3.92. The first-order valence-electron chi connectivity index (χ1n) is 9.19. The molecule has 0 saturated carbocycles. The molecule has 29 heavy (non-hydrogen) atoms. The monoisotopic (exact) mass is 409 g/mol. The van der Waals surface area contributed by atoms with Crippen molar-refractivity contribution in [1.29, 1.82) is 0 Å². The first kappa shape index (κ1) is 19.3. The standard InChI is InChI=1S/C22H20FN3O2S/c1-13-8-16(23)5-6-17(13)22-25-14(2)20(29-22)10-21(27)28-11-15-4-7-19-18(9-15)24-12-26(19)3/h4-9,12H,10-11H2,1-3H3. The number of esters is 1. The summed E-state index contributed by atoms with van der Waals surface area (Å²) >= 11 is 1.44. The molecule has 0 bridgehead atoms. The Kier molecular flexibility index (Phi) is 5.15. The maximum atomic E-state index is 13.3. The number of carbonyl (C=O) groups is 1. The molecule has 2 heterocycles. The average molecular weight is 409 g/mol. The van der Waals surface area contributed by atoms with Gasteiger partial charge in [-0.05, 0) is 55.3 Å². The Labute approximate surface area is 171 Å². The summed E-state index contributed by atoms with van der Waals surface area (Å²) in [6, 6.07) is 10.5. The molecule has 0 aliphatic carbocycles. The fraction of sp³-hybridized carbons (Fsp3) is 0.227. The third kappa shape index (κ3) is 4.05. The molecule has 0 aliphatic heterocycles. The summed E-state index contributed by atoms with van der Waals surface area (Å²) in [5.74, 6) is -0.576. The van der Waals surface area contributed by atoms with Gasteiger partial charge < -0.3 is 9.30 Å². The molecule has 5 nitrogen and oxygen atoms in total. The van der Waals surface area contributed by atoms with Gasteiger partial charge in [0.2, 0.25) is 0 Å². The number of fused-ring (bicyclic) bond motifs is 1. The van der Waals surface area contributed by atoms with Crippen LogP contribution in [-0.2, 0) is 29.6 Å². The van der Waals surface area contributed by atoms with Crippen LogP contribution in [0.1, 0.15) is 21.7 Å². The number of hydrogen-bond acceptors (Lipinski definition) is 5. The van der Waals surface area contributed by atoms with Gasteiger partial charge in [0, 0.05) is 17.5 Å². The SMILES string of the molecule is Cc1cc(F)ccc1-c1nc(C)c(CC(=O)OCc2ccc3c(c2)ncn3C)s1. The van der Waals surface area contributed by atoms with Crippen LogP contribution in [0.5, 0.6) is 0 Å². The van der Waals surface area contributed by atoms with Crippen molar-refractivity contribution in [2.24, 2.45) is 7.05 Å². The lowest BCUT2D eigenvalue weighted by Gasteiger charge is -2.05. The Morgan fingerprint density at radius 1 is 1.21 bits per heavy atom. The van der Waals surface area contributed by atoms with E-state index in [1.807, 2.05) is 43.7 Å². The van der Waals surface area contributed by atoms with Crippen LogP contribution in [0, 0.1) is 19.7 Å². The number of benzene rings is 2. The summed E-state index contributed by atoms with van der Waals surface area (Å²) in [7, 11) is 1.94. The zero-order chi connectivity index (χ0) is 20.5. The molecule has 148 valence electrons. The predicted octanol–water partition coefficient (Wildman–Crippen LogP) is 4.74. The molecule has 4 rings (SSSR count). The van der Waals surface area contributed by atoms with Gasteiger partial charge in [-0.15, -0.1) is 11.3 Å². The van der Waals surface area contributed by atoms with Gasteiger partial charge in [-0.25, -0.2) is 14.4 Å². The molecule has 0 saturated heterocycles. The number of ether oxygens (including phenoxy) is 1. The second-order valence-corrected chi connectivity index (χ2v) is 8.09. The molecule has 2 aromatic carbocycles. The first-order chi connectivity index (χ1) is 13.9. The van der Waals surface area contributed by atoms with Crippen LogP contribution in [-0.4, -0.2) is 20.5 Å². The number of rotatable bonds is 5. The quantitative estimate of drug-likeness (QED) is 0.447. The lowest BCUT2D eigenvalue weighted by Crippen LogP contribution is -2.07. The zero-order valence-electron chi connectivity index (χ0n) is 16.4. The van der Waals surface area contributed by atoms with Gasteiger partial charge >= 0.3 is 5.97 Å². The summed E-state index contributed by atoms with van der Waals surface area (Å²) in [4.78, 5) is 22.1. The molecule has 0 unspecified atom stereocenters. The van der Waals surface area contributed by atoms with Crippen molar-refractivity contribution in [2.45, 2.75) is 26.9 Å². The maximum Gasteiger partial charge on any atom is 0.311 e. The van der Waals surface area contributed by atoms with Crippen molar-refractivity contribution in [2.75, 3.05) is 0 Å². The Balaban J connectivity index is 1.43. The fourth-order valence-corrected chi connectivity index (χ4v) is 4.33. The molecule has 2 aromatic heterocycles. The minimum Gasteiger partial charge on any atom is -0.461 e. The molecule has 0 atom stereocenters. The summed E-state index contributed by atoms with van der Waals surface area (Å²) in [5, 5.41) is 0.781. The van der Waals surface area contributed by atoms with E-state index in [-0.39, 0.29) is 24.8 Å². The Morgan fingerprint density at radius 3 is 2.83 bits per heavy atom. The largest absolute Gasteiger partial charge is 0.461 e. The molecule has 0 amide bonds. The Bertz CT molecular complexity index is 1210. The van der Waals surface area contributed by atoms with E-state index >= 15 is 0 Å². The number of carbonyl (C=O) groups excluding carboxylic acids is 1. The van der Waals surface area contributed by atoms with Crippen molar-refractivity contribution in [3.8, 4) is 10.6 Å². The first-order valence-corrected chi connectivity index (χ1v) is 10.0. The van der Waals surface area contributed by atoms with Crippen molar-refractivity contribution in [1.82, 2.24) is 14.5 Å². The molecule has 7 heteroatoms. The van der Waals surface area contributed by atoms with Gasteiger partial charge in [0.05, 0.1) is 29.5 Å². The minimum atomic E-state index is -0.305. The number of halogens is 1. The van der Waals surface area contributed by atoms with Gasteiger partial charge in [-0.1, -0.05) is 6.07 Å². The van der Waals surface area contributed by atoms with Crippen LogP contribution in [0.2, 0.25) is 0 Å². The van der Waals surface area contributed by atoms with E-state index in [0.717, 1.165) is 43.3 Å². The maximum absolute atomic E-state index is 13.3. The number of aromatic nitrogens is 3. The Hall–Kier alpha value is -3.06. The lowest BCUT2D eigenvalue weighted by molar-refractivity contribution is -0.144. The fourth-order valence-electron chi connectivity index (χ4n) is 3.19. The van der Waals surface area contributed by atoms with Crippen LogP contribution in [0.3, 0.4) is 0 Å². The van der Waals surface area contributed by atoms with E-state index in [2.05, 4.69) is 9.97 Å². The Morgan fingerprint density at radius 2 is 2.03 bits per heavy atom. The van der Waals surface area contributed by atoms with E-state index < -0.39 is 0 Å². The van der Waals surface area contributed by atoms with Crippen LogP contribution < -0.4 is 0 Å². The highest BCUT2D eigenvalue weighted by molar-refractivity contribution is 7.15. The van der Waals surface area contributed by atoms with Crippen LogP contribution in [0.15, 0.2) is 42.7 Å². The normalized spacial score (nSPS) is 11.2. The zero-order valence-corrected chi connectivity index (χ0v) is 17.2. The van der Waals surface area contributed by atoms with Crippen molar-refractivity contribution in [3.63, 3.8) is 0 Å². The van der Waals surface area contributed by atoms with Gasteiger partial charge in [-0.2, -0.15) is 0 Å². The van der Waals surface area contributed by atoms with Crippen molar-refractivity contribution in [3.05, 3.63) is 70.2 Å². The lowest BCUT2D eigenvalue weighted by atomic mass is 10.1. The van der Waals surface area contributed by atoms with Gasteiger partial charge in [0.1, 0.15) is 17.4 Å². The van der Waals surface area contributed by atoms with E-state index in [1.165, 1.54) is 23.5 Å². The van der Waals surface area contributed by atoms with Crippen LogP contribution in [0.25, 0.3) is 21.6 Å². The van der Waals surface area contributed by atoms with Crippen molar-refractivity contribution >= 4 is 28.3 Å². The number of nitrogens with zero attached hydrogens (tertiary/aromatic N) is 3. The molecular formula is C22H20FN3O2S. The number of aryl methyl sites for hydroxylation is 3. The molecule has 0 fully saturated rings. The topological polar surface area (TPSA) is 57.0 Å². The second kappa shape index (κ2) is 7.75. The average Bonchev–Trinajstić information content (AvgIpc) is 3.23. The summed E-state index contributed by atoms with van der Waals surface area (Å²) in [5.41, 5.74) is 5.29. The number of hydrogen-bond donors (Lipinski definition) is 0. The highest BCUT2D eigenvalue weighted by atomic mass is 32.1. The molecule has 0 spiro atoms. The second-order valence-electron chi connectivity index (χ2n) is 7.00. The van der Waals surface area contributed by atoms with Crippen LogP contribution >= 0.6 is 11.3 Å². The van der Waals surface area contributed by atoms with E-state index in [4.69, 9.17) is 4.74 Å². The predicted molar refractivity (Wildman–Crippen MR) is 111 cm³/mol. The van der Waals surface area contributed by atoms with E-state index in [0.29, 0.717) is 0 Å². The smallest absolute Gasteiger partial charge is 0.311 e. The van der Waals surface area contributed by atoms with Gasteiger partial charge in [-0.3, -0.25) is 4.79 Å². The summed E-state index contributed by atoms with van der Waals surface area (Å²) in [6.07, 6.45) is 1.92. The highest BCUT2D eigenvalue weighted by Crippen LogP contribution is 2.31. The van der Waals surface area contributed by atoms with E-state index in [9.17, 15) is 9.18 Å². The van der Waals surface area contributed by atoms with Gasteiger partial charge in [0.15, 0.2) is 0 Å². The molecule has 0 aliphatic rings. The van der Waals surface area contributed by atoms with E-state index in [1.54, 1.807) is 12.4 Å². The molecular weight excluding hydrogens is 389 g/mol.